The minimum Gasteiger partial charge on any atom is -0.349 e. The summed E-state index contributed by atoms with van der Waals surface area (Å²) in [6, 6.07) is 1.89. The Labute approximate surface area is 96.2 Å². The first-order chi connectivity index (χ1) is 7.95. The predicted octanol–water partition coefficient (Wildman–Crippen LogP) is 1.05. The number of halogens is 3. The van der Waals surface area contributed by atoms with Gasteiger partial charge in [0.05, 0.1) is 5.56 Å². The van der Waals surface area contributed by atoms with Gasteiger partial charge in [-0.1, -0.05) is 0 Å². The van der Waals surface area contributed by atoms with Crippen molar-refractivity contribution in [3.63, 3.8) is 0 Å². The molecule has 0 unspecified atom stereocenters. The standard InChI is InChI=1S/C10H12F3N3O/c1-14-4-5-15-9(17)8-3-2-7(6-16-8)10(11,12)13/h2-3,6,14H,4-5H2,1H3,(H,15,17). The molecule has 17 heavy (non-hydrogen) atoms. The van der Waals surface area contributed by atoms with Gasteiger partial charge in [0.25, 0.3) is 5.91 Å². The van der Waals surface area contributed by atoms with Crippen molar-refractivity contribution in [3.05, 3.63) is 29.6 Å². The molecule has 0 bridgehead atoms. The summed E-state index contributed by atoms with van der Waals surface area (Å²) in [6.45, 7) is 0.963. The number of hydrogen-bond donors (Lipinski definition) is 2. The lowest BCUT2D eigenvalue weighted by Crippen LogP contribution is -2.31. The number of carbonyl (C=O) groups is 1. The Hall–Kier alpha value is -1.63. The molecule has 0 aliphatic rings. The first-order valence-electron chi connectivity index (χ1n) is 4.91. The van der Waals surface area contributed by atoms with Crippen molar-refractivity contribution in [2.45, 2.75) is 6.18 Å². The molecule has 1 heterocycles. The highest BCUT2D eigenvalue weighted by Gasteiger charge is 2.30. The van der Waals surface area contributed by atoms with Gasteiger partial charge in [0, 0.05) is 19.3 Å². The SMILES string of the molecule is CNCCNC(=O)c1ccc(C(F)(F)F)cn1. The maximum absolute atomic E-state index is 12.2. The molecule has 0 atom stereocenters. The van der Waals surface area contributed by atoms with E-state index in [4.69, 9.17) is 0 Å². The molecule has 0 saturated carbocycles. The van der Waals surface area contributed by atoms with Gasteiger partial charge in [-0.3, -0.25) is 9.78 Å². The summed E-state index contributed by atoms with van der Waals surface area (Å²) in [5.41, 5.74) is -0.904. The summed E-state index contributed by atoms with van der Waals surface area (Å²) in [4.78, 5) is 14.9. The molecule has 1 rings (SSSR count). The molecule has 0 aliphatic heterocycles. The summed E-state index contributed by atoms with van der Waals surface area (Å²) in [5, 5.41) is 5.33. The minimum atomic E-state index is -4.44. The van der Waals surface area contributed by atoms with Gasteiger partial charge in [0.2, 0.25) is 0 Å². The van der Waals surface area contributed by atoms with Crippen molar-refractivity contribution in [2.24, 2.45) is 0 Å². The Balaban J connectivity index is 2.64. The molecule has 0 aliphatic carbocycles. The number of carbonyl (C=O) groups excluding carboxylic acids is 1. The molecule has 1 aromatic heterocycles. The van der Waals surface area contributed by atoms with Gasteiger partial charge < -0.3 is 10.6 Å². The van der Waals surface area contributed by atoms with Crippen LogP contribution in [0.2, 0.25) is 0 Å². The molecule has 0 radical (unpaired) electrons. The first-order valence-corrected chi connectivity index (χ1v) is 4.91. The van der Waals surface area contributed by atoms with E-state index in [0.717, 1.165) is 12.1 Å². The van der Waals surface area contributed by atoms with Crippen LogP contribution < -0.4 is 10.6 Å². The predicted molar refractivity (Wildman–Crippen MR) is 55.5 cm³/mol. The minimum absolute atomic E-state index is 0.0332. The Morgan fingerprint density at radius 1 is 1.35 bits per heavy atom. The molecule has 0 aromatic carbocycles. The molecule has 1 amide bonds. The monoisotopic (exact) mass is 247 g/mol. The molecule has 0 fully saturated rings. The van der Waals surface area contributed by atoms with E-state index in [1.54, 1.807) is 7.05 Å². The Morgan fingerprint density at radius 3 is 2.53 bits per heavy atom. The first kappa shape index (κ1) is 13.4. The number of likely N-dealkylation sites (N-methyl/N-ethyl adjacent to an activating group) is 1. The zero-order valence-corrected chi connectivity index (χ0v) is 9.14. The van der Waals surface area contributed by atoms with Crippen molar-refractivity contribution < 1.29 is 18.0 Å². The van der Waals surface area contributed by atoms with E-state index in [-0.39, 0.29) is 5.69 Å². The van der Waals surface area contributed by atoms with Crippen LogP contribution in [0.15, 0.2) is 18.3 Å². The third kappa shape index (κ3) is 4.03. The number of alkyl halides is 3. The van der Waals surface area contributed by atoms with Crippen LogP contribution in [0.1, 0.15) is 16.1 Å². The van der Waals surface area contributed by atoms with E-state index in [1.807, 2.05) is 0 Å². The van der Waals surface area contributed by atoms with Crippen molar-refractivity contribution in [1.82, 2.24) is 15.6 Å². The number of nitrogens with zero attached hydrogens (tertiary/aromatic N) is 1. The van der Waals surface area contributed by atoms with Gasteiger partial charge in [-0.15, -0.1) is 0 Å². The second kappa shape index (κ2) is 5.62. The third-order valence-corrected chi connectivity index (χ3v) is 1.98. The zero-order chi connectivity index (χ0) is 12.9. The molecular weight excluding hydrogens is 235 g/mol. The fourth-order valence-corrected chi connectivity index (χ4v) is 1.09. The molecule has 1 aromatic rings. The summed E-state index contributed by atoms with van der Waals surface area (Å²) < 4.78 is 36.7. The zero-order valence-electron chi connectivity index (χ0n) is 9.14. The van der Waals surface area contributed by atoms with E-state index in [2.05, 4.69) is 15.6 Å². The second-order valence-electron chi connectivity index (χ2n) is 3.29. The van der Waals surface area contributed by atoms with Crippen LogP contribution in [0.5, 0.6) is 0 Å². The van der Waals surface area contributed by atoms with Crippen molar-refractivity contribution in [3.8, 4) is 0 Å². The average Bonchev–Trinajstić information content (AvgIpc) is 2.28. The van der Waals surface area contributed by atoms with Gasteiger partial charge in [0.15, 0.2) is 0 Å². The number of nitrogens with one attached hydrogen (secondary N) is 2. The van der Waals surface area contributed by atoms with Gasteiger partial charge in [-0.25, -0.2) is 0 Å². The molecular formula is C10H12F3N3O. The summed E-state index contributed by atoms with van der Waals surface area (Å²) in [6.07, 6.45) is -3.79. The smallest absolute Gasteiger partial charge is 0.349 e. The van der Waals surface area contributed by atoms with Gasteiger partial charge in [-0.2, -0.15) is 13.2 Å². The maximum Gasteiger partial charge on any atom is 0.417 e. The lowest BCUT2D eigenvalue weighted by Gasteiger charge is -2.07. The van der Waals surface area contributed by atoms with Crippen LogP contribution in [-0.2, 0) is 6.18 Å². The van der Waals surface area contributed by atoms with Gasteiger partial charge in [-0.05, 0) is 19.2 Å². The fourth-order valence-electron chi connectivity index (χ4n) is 1.09. The topological polar surface area (TPSA) is 54.0 Å². The largest absolute Gasteiger partial charge is 0.417 e. The van der Waals surface area contributed by atoms with E-state index >= 15 is 0 Å². The molecule has 0 saturated heterocycles. The summed E-state index contributed by atoms with van der Waals surface area (Å²) >= 11 is 0. The maximum atomic E-state index is 12.2. The third-order valence-electron chi connectivity index (χ3n) is 1.98. The van der Waals surface area contributed by atoms with Crippen LogP contribution >= 0.6 is 0 Å². The Morgan fingerprint density at radius 2 is 2.06 bits per heavy atom. The van der Waals surface area contributed by atoms with E-state index < -0.39 is 17.6 Å². The number of rotatable bonds is 4. The van der Waals surface area contributed by atoms with E-state index in [0.29, 0.717) is 19.3 Å². The van der Waals surface area contributed by atoms with Gasteiger partial charge in [0.1, 0.15) is 5.69 Å². The van der Waals surface area contributed by atoms with Crippen LogP contribution in [0.4, 0.5) is 13.2 Å². The summed E-state index contributed by atoms with van der Waals surface area (Å²) in [7, 11) is 1.72. The number of aromatic nitrogens is 1. The van der Waals surface area contributed by atoms with Crippen LogP contribution in [-0.4, -0.2) is 31.0 Å². The fraction of sp³-hybridized carbons (Fsp3) is 0.400. The van der Waals surface area contributed by atoms with Crippen LogP contribution in [0.3, 0.4) is 0 Å². The second-order valence-corrected chi connectivity index (χ2v) is 3.29. The van der Waals surface area contributed by atoms with Gasteiger partial charge >= 0.3 is 6.18 Å². The van der Waals surface area contributed by atoms with Crippen molar-refractivity contribution in [1.29, 1.82) is 0 Å². The highest BCUT2D eigenvalue weighted by Crippen LogP contribution is 2.28. The Kier molecular flexibility index (Phi) is 4.45. The highest BCUT2D eigenvalue weighted by molar-refractivity contribution is 5.92. The lowest BCUT2D eigenvalue weighted by molar-refractivity contribution is -0.137. The summed E-state index contributed by atoms with van der Waals surface area (Å²) in [5.74, 6) is -0.492. The van der Waals surface area contributed by atoms with Crippen molar-refractivity contribution in [2.75, 3.05) is 20.1 Å². The molecule has 0 spiro atoms. The molecule has 4 nitrogen and oxygen atoms in total. The number of hydrogen-bond acceptors (Lipinski definition) is 3. The van der Waals surface area contributed by atoms with E-state index in [1.165, 1.54) is 0 Å². The molecule has 94 valence electrons. The van der Waals surface area contributed by atoms with E-state index in [9.17, 15) is 18.0 Å². The molecule has 2 N–H and O–H groups in total. The van der Waals surface area contributed by atoms with Crippen LogP contribution in [0.25, 0.3) is 0 Å². The Bertz CT molecular complexity index is 375. The van der Waals surface area contributed by atoms with Crippen LogP contribution in [0, 0.1) is 0 Å². The molecule has 7 heteroatoms. The normalized spacial score (nSPS) is 11.3. The van der Waals surface area contributed by atoms with Crippen molar-refractivity contribution >= 4 is 5.91 Å². The number of amides is 1. The average molecular weight is 247 g/mol. The number of pyridine rings is 1. The quantitative estimate of drug-likeness (QED) is 0.782. The highest BCUT2D eigenvalue weighted by atomic mass is 19.4. The lowest BCUT2D eigenvalue weighted by atomic mass is 10.2.